The first-order valence-electron chi connectivity index (χ1n) is 9.45. The van der Waals surface area contributed by atoms with Crippen LogP contribution in [0.25, 0.3) is 0 Å². The van der Waals surface area contributed by atoms with Crippen LogP contribution in [0, 0.1) is 11.3 Å². The minimum atomic E-state index is -0.846. The molecule has 2 heterocycles. The van der Waals surface area contributed by atoms with E-state index in [1.54, 1.807) is 0 Å². The molecule has 3 rings (SSSR count). The van der Waals surface area contributed by atoms with Gasteiger partial charge in [0.05, 0.1) is 24.2 Å². The van der Waals surface area contributed by atoms with E-state index in [4.69, 9.17) is 14.2 Å². The summed E-state index contributed by atoms with van der Waals surface area (Å²) in [5.74, 6) is -0.944. The van der Waals surface area contributed by atoms with Crippen molar-refractivity contribution >= 4 is 5.97 Å². The molecule has 0 spiro atoms. The maximum atomic E-state index is 11.7. The molecule has 0 saturated carbocycles. The van der Waals surface area contributed by atoms with E-state index in [9.17, 15) is 15.0 Å². The fourth-order valence-electron chi connectivity index (χ4n) is 4.36. The van der Waals surface area contributed by atoms with Crippen LogP contribution in [0.4, 0.5) is 0 Å². The minimum absolute atomic E-state index is 0.0999. The summed E-state index contributed by atoms with van der Waals surface area (Å²) in [5, 5.41) is 20.9. The molecule has 5 atom stereocenters. The largest absolute Gasteiger partial charge is 0.508 e. The van der Waals surface area contributed by atoms with Crippen LogP contribution in [0.2, 0.25) is 0 Å². The Balaban J connectivity index is 1.84. The van der Waals surface area contributed by atoms with Gasteiger partial charge in [0, 0.05) is 0 Å². The average Bonchev–Trinajstić information content (AvgIpc) is 3.12. The quantitative estimate of drug-likeness (QED) is 0.734. The Labute approximate surface area is 160 Å². The third-order valence-electron chi connectivity index (χ3n) is 5.78. The van der Waals surface area contributed by atoms with Gasteiger partial charge in [-0.3, -0.25) is 0 Å². The number of ether oxygens (including phenoxy) is 3. The third kappa shape index (κ3) is 3.58. The summed E-state index contributed by atoms with van der Waals surface area (Å²) in [6, 6.07) is 0. The van der Waals surface area contributed by atoms with E-state index in [1.807, 2.05) is 6.92 Å². The predicted octanol–water partition coefficient (Wildman–Crippen LogP) is 3.18. The zero-order chi connectivity index (χ0) is 20.1. The Hall–Kier alpha value is -1.63. The number of hydrogen-bond acceptors (Lipinski definition) is 6. The molecule has 3 aliphatic rings. The number of allylic oxidation sites excluding steroid dienone is 3. The molecule has 6 nitrogen and oxygen atoms in total. The standard InChI is InChI=1S/C21H30O6/c1-10(2)7-13-11(3)16(14(22)8-21(13,5)6)20-25-9-15(26-20)18-17(23)12(4)19(24)27-18/h7,14-16,18,20,22-23H,8-9H2,1-6H3/t14?,15?,16?,18-,20?/m1/s1. The van der Waals surface area contributed by atoms with Crippen LogP contribution in [0.1, 0.15) is 48.0 Å². The lowest BCUT2D eigenvalue weighted by atomic mass is 9.67. The molecule has 4 unspecified atom stereocenters. The monoisotopic (exact) mass is 378 g/mol. The summed E-state index contributed by atoms with van der Waals surface area (Å²) in [6.45, 7) is 12.1. The van der Waals surface area contributed by atoms with Crippen LogP contribution in [0.5, 0.6) is 0 Å². The Morgan fingerprint density at radius 2 is 1.93 bits per heavy atom. The van der Waals surface area contributed by atoms with Gasteiger partial charge in [0.2, 0.25) is 0 Å². The Morgan fingerprint density at radius 1 is 1.26 bits per heavy atom. The summed E-state index contributed by atoms with van der Waals surface area (Å²) < 4.78 is 17.1. The van der Waals surface area contributed by atoms with Crippen molar-refractivity contribution in [2.45, 2.75) is 72.6 Å². The summed E-state index contributed by atoms with van der Waals surface area (Å²) in [6.07, 6.45) is 0.0886. The van der Waals surface area contributed by atoms with Crippen molar-refractivity contribution in [2.75, 3.05) is 6.61 Å². The van der Waals surface area contributed by atoms with E-state index >= 15 is 0 Å². The highest BCUT2D eigenvalue weighted by molar-refractivity contribution is 5.91. The maximum absolute atomic E-state index is 11.7. The molecule has 1 fully saturated rings. The molecular formula is C21H30O6. The zero-order valence-electron chi connectivity index (χ0n) is 16.9. The molecule has 150 valence electrons. The van der Waals surface area contributed by atoms with Crippen LogP contribution in [-0.2, 0) is 19.0 Å². The van der Waals surface area contributed by atoms with Crippen LogP contribution < -0.4 is 0 Å². The lowest BCUT2D eigenvalue weighted by Crippen LogP contribution is -2.42. The topological polar surface area (TPSA) is 85.2 Å². The molecule has 1 saturated heterocycles. The van der Waals surface area contributed by atoms with Crippen molar-refractivity contribution in [1.82, 2.24) is 0 Å². The van der Waals surface area contributed by atoms with Crippen molar-refractivity contribution < 1.29 is 29.2 Å². The molecule has 6 heteroatoms. The summed E-state index contributed by atoms with van der Waals surface area (Å²) in [5.41, 5.74) is 3.49. The predicted molar refractivity (Wildman–Crippen MR) is 99.8 cm³/mol. The van der Waals surface area contributed by atoms with E-state index in [-0.39, 0.29) is 29.3 Å². The van der Waals surface area contributed by atoms with Gasteiger partial charge in [0.25, 0.3) is 0 Å². The van der Waals surface area contributed by atoms with Gasteiger partial charge in [0.1, 0.15) is 11.9 Å². The van der Waals surface area contributed by atoms with Crippen LogP contribution in [0.3, 0.4) is 0 Å². The first-order chi connectivity index (χ1) is 12.5. The summed E-state index contributed by atoms with van der Waals surface area (Å²) in [4.78, 5) is 11.7. The second-order valence-corrected chi connectivity index (χ2v) is 8.71. The Kier molecular flexibility index (Phi) is 5.27. The summed E-state index contributed by atoms with van der Waals surface area (Å²) >= 11 is 0. The van der Waals surface area contributed by atoms with Crippen molar-refractivity contribution in [3.05, 3.63) is 34.1 Å². The first-order valence-corrected chi connectivity index (χ1v) is 9.45. The number of cyclic esters (lactones) is 1. The molecule has 2 aliphatic heterocycles. The smallest absolute Gasteiger partial charge is 0.338 e. The van der Waals surface area contributed by atoms with E-state index in [1.165, 1.54) is 18.1 Å². The molecule has 27 heavy (non-hydrogen) atoms. The fraction of sp³-hybridized carbons (Fsp3) is 0.667. The van der Waals surface area contributed by atoms with Gasteiger partial charge in [-0.1, -0.05) is 31.1 Å². The zero-order valence-corrected chi connectivity index (χ0v) is 16.9. The van der Waals surface area contributed by atoms with Gasteiger partial charge < -0.3 is 24.4 Å². The molecule has 2 N–H and O–H groups in total. The normalized spacial score (nSPS) is 36.3. The first kappa shape index (κ1) is 20.1. The average molecular weight is 378 g/mol. The van der Waals surface area contributed by atoms with Gasteiger partial charge in [-0.2, -0.15) is 0 Å². The van der Waals surface area contributed by atoms with Gasteiger partial charge in [-0.25, -0.2) is 4.79 Å². The Morgan fingerprint density at radius 3 is 2.48 bits per heavy atom. The van der Waals surface area contributed by atoms with E-state index in [0.717, 1.165) is 5.57 Å². The molecule has 0 amide bonds. The van der Waals surface area contributed by atoms with Crippen molar-refractivity contribution in [3.8, 4) is 0 Å². The number of carbonyl (C=O) groups is 1. The molecule has 0 radical (unpaired) electrons. The SMILES string of the molecule is CC(C)=CC1=C(C)C(C2OCC([C@H]3OC(=O)C(C)=C3O)O2)C(O)CC1(C)C. The number of hydrogen-bond donors (Lipinski definition) is 2. The van der Waals surface area contributed by atoms with Gasteiger partial charge in [-0.05, 0) is 45.1 Å². The van der Waals surface area contributed by atoms with E-state index < -0.39 is 30.6 Å². The number of aliphatic hydroxyl groups excluding tert-OH is 2. The van der Waals surface area contributed by atoms with Crippen molar-refractivity contribution in [3.63, 3.8) is 0 Å². The van der Waals surface area contributed by atoms with Crippen LogP contribution in [0.15, 0.2) is 34.1 Å². The maximum Gasteiger partial charge on any atom is 0.338 e. The molecule has 0 aromatic rings. The van der Waals surface area contributed by atoms with Crippen molar-refractivity contribution in [2.24, 2.45) is 11.3 Å². The lowest BCUT2D eigenvalue weighted by molar-refractivity contribution is -0.154. The fourth-order valence-corrected chi connectivity index (χ4v) is 4.36. The van der Waals surface area contributed by atoms with Gasteiger partial charge in [0.15, 0.2) is 12.4 Å². The molecule has 0 aromatic carbocycles. The number of aliphatic hydroxyl groups is 2. The highest BCUT2D eigenvalue weighted by Crippen LogP contribution is 2.46. The molecule has 0 aromatic heterocycles. The highest BCUT2D eigenvalue weighted by Gasteiger charge is 2.48. The van der Waals surface area contributed by atoms with Crippen molar-refractivity contribution in [1.29, 1.82) is 0 Å². The number of rotatable bonds is 3. The minimum Gasteiger partial charge on any atom is -0.508 e. The van der Waals surface area contributed by atoms with Crippen LogP contribution in [-0.4, -0.2) is 47.4 Å². The Bertz CT molecular complexity index is 725. The highest BCUT2D eigenvalue weighted by atomic mass is 16.7. The second-order valence-electron chi connectivity index (χ2n) is 8.71. The van der Waals surface area contributed by atoms with Crippen LogP contribution >= 0.6 is 0 Å². The van der Waals surface area contributed by atoms with Gasteiger partial charge in [-0.15, -0.1) is 0 Å². The third-order valence-corrected chi connectivity index (χ3v) is 5.78. The van der Waals surface area contributed by atoms with E-state index in [0.29, 0.717) is 6.42 Å². The van der Waals surface area contributed by atoms with E-state index in [2.05, 4.69) is 33.8 Å². The van der Waals surface area contributed by atoms with Gasteiger partial charge >= 0.3 is 5.97 Å². The number of carbonyl (C=O) groups excluding carboxylic acids is 1. The molecule has 1 aliphatic carbocycles. The molecule has 0 bridgehead atoms. The lowest BCUT2D eigenvalue weighted by Gasteiger charge is -2.42. The second kappa shape index (κ2) is 7.08. The number of esters is 1. The summed E-state index contributed by atoms with van der Waals surface area (Å²) in [7, 11) is 0. The molecular weight excluding hydrogens is 348 g/mol.